The van der Waals surface area contributed by atoms with Gasteiger partial charge in [-0.1, -0.05) is 36.0 Å². The van der Waals surface area contributed by atoms with Crippen LogP contribution in [0.15, 0.2) is 58.3 Å². The Morgan fingerprint density at radius 2 is 1.07 bits per heavy atom. The molecule has 2 aromatic rings. The number of halogens is 2. The third-order valence-corrected chi connectivity index (χ3v) is 3.00. The SMILES string of the molecule is Fc1ccccc1Sc1ccccc1F. The van der Waals surface area contributed by atoms with Crippen molar-refractivity contribution >= 4 is 11.8 Å². The molecule has 15 heavy (non-hydrogen) atoms. The van der Waals surface area contributed by atoms with E-state index < -0.39 is 0 Å². The van der Waals surface area contributed by atoms with E-state index in [2.05, 4.69) is 0 Å². The first-order valence-electron chi connectivity index (χ1n) is 4.44. The average molecular weight is 222 g/mol. The lowest BCUT2D eigenvalue weighted by atomic mass is 10.3. The van der Waals surface area contributed by atoms with Crippen LogP contribution in [0.2, 0.25) is 0 Å². The first-order chi connectivity index (χ1) is 7.27. The highest BCUT2D eigenvalue weighted by atomic mass is 32.2. The maximum Gasteiger partial charge on any atom is 0.137 e. The van der Waals surface area contributed by atoms with Crippen molar-refractivity contribution in [2.24, 2.45) is 0 Å². The van der Waals surface area contributed by atoms with Gasteiger partial charge >= 0.3 is 0 Å². The van der Waals surface area contributed by atoms with Gasteiger partial charge in [-0.25, -0.2) is 8.78 Å². The van der Waals surface area contributed by atoms with Gasteiger partial charge in [0.2, 0.25) is 0 Å². The van der Waals surface area contributed by atoms with Gasteiger partial charge in [0, 0.05) is 9.79 Å². The van der Waals surface area contributed by atoms with Gasteiger partial charge in [-0.15, -0.1) is 0 Å². The van der Waals surface area contributed by atoms with Gasteiger partial charge in [0.05, 0.1) is 0 Å². The lowest BCUT2D eigenvalue weighted by molar-refractivity contribution is 0.596. The van der Waals surface area contributed by atoms with Crippen LogP contribution in [0.25, 0.3) is 0 Å². The smallest absolute Gasteiger partial charge is 0.137 e. The highest BCUT2D eigenvalue weighted by Gasteiger charge is 2.06. The molecule has 3 heteroatoms. The minimum Gasteiger partial charge on any atom is -0.206 e. The minimum atomic E-state index is -0.328. The zero-order valence-electron chi connectivity index (χ0n) is 7.78. The second kappa shape index (κ2) is 4.45. The monoisotopic (exact) mass is 222 g/mol. The predicted molar refractivity (Wildman–Crippen MR) is 56.9 cm³/mol. The number of rotatable bonds is 2. The summed E-state index contributed by atoms with van der Waals surface area (Å²) in [5, 5.41) is 0. The van der Waals surface area contributed by atoms with Crippen LogP contribution < -0.4 is 0 Å². The van der Waals surface area contributed by atoms with Gasteiger partial charge < -0.3 is 0 Å². The van der Waals surface area contributed by atoms with E-state index in [1.54, 1.807) is 36.4 Å². The molecule has 0 nitrogen and oxygen atoms in total. The Labute approximate surface area is 90.9 Å². The molecule has 2 aromatic carbocycles. The van der Waals surface area contributed by atoms with Crippen molar-refractivity contribution in [1.82, 2.24) is 0 Å². The fourth-order valence-electron chi connectivity index (χ4n) is 1.17. The molecule has 0 aliphatic carbocycles. The summed E-state index contributed by atoms with van der Waals surface area (Å²) in [7, 11) is 0. The van der Waals surface area contributed by atoms with Crippen molar-refractivity contribution in [3.8, 4) is 0 Å². The first-order valence-corrected chi connectivity index (χ1v) is 5.26. The van der Waals surface area contributed by atoms with Crippen molar-refractivity contribution in [2.75, 3.05) is 0 Å². The summed E-state index contributed by atoms with van der Waals surface area (Å²) in [5.41, 5.74) is 0. The number of benzene rings is 2. The van der Waals surface area contributed by atoms with Crippen molar-refractivity contribution in [1.29, 1.82) is 0 Å². The fourth-order valence-corrected chi connectivity index (χ4v) is 2.03. The largest absolute Gasteiger partial charge is 0.206 e. The molecule has 0 spiro atoms. The molecule has 0 fully saturated rings. The Morgan fingerprint density at radius 3 is 1.47 bits per heavy atom. The van der Waals surface area contributed by atoms with E-state index in [0.29, 0.717) is 9.79 Å². The van der Waals surface area contributed by atoms with E-state index in [4.69, 9.17) is 0 Å². The average Bonchev–Trinajstić information content (AvgIpc) is 2.24. The standard InChI is InChI=1S/C12H8F2S/c13-9-5-1-3-7-11(9)15-12-8-4-2-6-10(12)14/h1-8H. The van der Waals surface area contributed by atoms with Gasteiger partial charge in [0.15, 0.2) is 0 Å². The van der Waals surface area contributed by atoms with Gasteiger partial charge in [-0.3, -0.25) is 0 Å². The van der Waals surface area contributed by atoms with E-state index in [0.717, 1.165) is 11.8 Å². The van der Waals surface area contributed by atoms with Crippen molar-refractivity contribution in [3.63, 3.8) is 0 Å². The van der Waals surface area contributed by atoms with Crippen LogP contribution in [-0.4, -0.2) is 0 Å². The normalized spacial score (nSPS) is 10.3. The number of hydrogen-bond donors (Lipinski definition) is 0. The Hall–Kier alpha value is -1.35. The fraction of sp³-hybridized carbons (Fsp3) is 0. The Morgan fingerprint density at radius 1 is 0.667 bits per heavy atom. The van der Waals surface area contributed by atoms with E-state index >= 15 is 0 Å². The van der Waals surface area contributed by atoms with Crippen LogP contribution in [0.5, 0.6) is 0 Å². The van der Waals surface area contributed by atoms with Crippen molar-refractivity contribution in [3.05, 3.63) is 60.2 Å². The summed E-state index contributed by atoms with van der Waals surface area (Å²) < 4.78 is 26.5. The first kappa shape index (κ1) is 10.2. The molecule has 0 aliphatic heterocycles. The third-order valence-electron chi connectivity index (χ3n) is 1.89. The topological polar surface area (TPSA) is 0 Å². The summed E-state index contributed by atoms with van der Waals surface area (Å²) in [6, 6.07) is 12.7. The lowest BCUT2D eigenvalue weighted by Gasteiger charge is -2.03. The van der Waals surface area contributed by atoms with Crippen molar-refractivity contribution in [2.45, 2.75) is 9.79 Å². The van der Waals surface area contributed by atoms with Gasteiger partial charge in [0.1, 0.15) is 11.6 Å². The Kier molecular flexibility index (Phi) is 3.02. The summed E-state index contributed by atoms with van der Waals surface area (Å²) >= 11 is 1.09. The van der Waals surface area contributed by atoms with Crippen LogP contribution in [-0.2, 0) is 0 Å². The van der Waals surface area contributed by atoms with E-state index in [1.165, 1.54) is 12.1 Å². The minimum absolute atomic E-state index is 0.328. The van der Waals surface area contributed by atoms with Crippen LogP contribution in [0.4, 0.5) is 8.78 Å². The molecule has 0 bridgehead atoms. The van der Waals surface area contributed by atoms with E-state index in [-0.39, 0.29) is 11.6 Å². The molecule has 0 heterocycles. The van der Waals surface area contributed by atoms with Crippen molar-refractivity contribution < 1.29 is 8.78 Å². The summed E-state index contributed by atoms with van der Waals surface area (Å²) in [5.74, 6) is -0.656. The molecule has 0 saturated heterocycles. The highest BCUT2D eigenvalue weighted by Crippen LogP contribution is 2.30. The molecule has 0 saturated carbocycles. The summed E-state index contributed by atoms with van der Waals surface area (Å²) in [6.45, 7) is 0. The Balaban J connectivity index is 2.30. The van der Waals surface area contributed by atoms with E-state index in [1.807, 2.05) is 0 Å². The van der Waals surface area contributed by atoms with Crippen LogP contribution in [0, 0.1) is 11.6 Å². The summed E-state index contributed by atoms with van der Waals surface area (Å²) in [4.78, 5) is 0.866. The van der Waals surface area contributed by atoms with Gasteiger partial charge in [-0.05, 0) is 24.3 Å². The second-order valence-electron chi connectivity index (χ2n) is 2.96. The maximum atomic E-state index is 13.3. The van der Waals surface area contributed by atoms with Gasteiger partial charge in [0.25, 0.3) is 0 Å². The molecular formula is C12H8F2S. The molecular weight excluding hydrogens is 214 g/mol. The van der Waals surface area contributed by atoms with E-state index in [9.17, 15) is 8.78 Å². The molecule has 0 unspecified atom stereocenters. The molecule has 0 amide bonds. The predicted octanol–water partition coefficient (Wildman–Crippen LogP) is 4.12. The molecule has 76 valence electrons. The Bertz CT molecular complexity index is 425. The second-order valence-corrected chi connectivity index (χ2v) is 4.05. The molecule has 0 radical (unpaired) electrons. The highest BCUT2D eigenvalue weighted by molar-refractivity contribution is 7.99. The zero-order valence-corrected chi connectivity index (χ0v) is 8.60. The molecule has 0 aromatic heterocycles. The molecule has 0 N–H and O–H groups in total. The third kappa shape index (κ3) is 2.36. The van der Waals surface area contributed by atoms with Crippen LogP contribution >= 0.6 is 11.8 Å². The number of hydrogen-bond acceptors (Lipinski definition) is 1. The zero-order chi connectivity index (χ0) is 10.7. The maximum absolute atomic E-state index is 13.3. The summed E-state index contributed by atoms with van der Waals surface area (Å²) in [6.07, 6.45) is 0. The molecule has 0 atom stereocenters. The van der Waals surface area contributed by atoms with Crippen LogP contribution in [0.1, 0.15) is 0 Å². The molecule has 2 rings (SSSR count). The molecule has 0 aliphatic rings. The lowest BCUT2D eigenvalue weighted by Crippen LogP contribution is -1.82. The van der Waals surface area contributed by atoms with Gasteiger partial charge in [-0.2, -0.15) is 0 Å². The van der Waals surface area contributed by atoms with Crippen LogP contribution in [0.3, 0.4) is 0 Å². The quantitative estimate of drug-likeness (QED) is 0.736.